The van der Waals surface area contributed by atoms with E-state index in [1.165, 1.54) is 13.8 Å². The summed E-state index contributed by atoms with van der Waals surface area (Å²) >= 11 is 0. The maximum absolute atomic E-state index is 11.2. The van der Waals surface area contributed by atoms with E-state index in [1.54, 1.807) is 0 Å². The second-order valence-electron chi connectivity index (χ2n) is 3.72. The third-order valence-corrected chi connectivity index (χ3v) is 1.84. The molecule has 4 N–H and O–H groups in total. The summed E-state index contributed by atoms with van der Waals surface area (Å²) in [6.45, 7) is 3.46. The number of unbranched alkanes of at least 4 members (excludes halogenated alkanes) is 1. The highest BCUT2D eigenvalue weighted by molar-refractivity contribution is 5.86. The van der Waals surface area contributed by atoms with Gasteiger partial charge in [0.15, 0.2) is 0 Å². The molecule has 0 aromatic rings. The molecule has 0 heterocycles. The predicted octanol–water partition coefficient (Wildman–Crippen LogP) is 0.0948. The summed E-state index contributed by atoms with van der Waals surface area (Å²) in [6, 6.07) is 0. The van der Waals surface area contributed by atoms with Crippen LogP contribution in [0.2, 0.25) is 0 Å². The highest BCUT2D eigenvalue weighted by Gasteiger charge is 2.28. The molecule has 0 fully saturated rings. The Morgan fingerprint density at radius 3 is 2.36 bits per heavy atom. The van der Waals surface area contributed by atoms with Crippen LogP contribution >= 0.6 is 0 Å². The van der Waals surface area contributed by atoms with E-state index in [9.17, 15) is 9.59 Å². The summed E-state index contributed by atoms with van der Waals surface area (Å²) in [6.07, 6.45) is 1.80. The molecular formula is C9H18N2O3. The number of nitrogens with one attached hydrogen (secondary N) is 1. The first-order chi connectivity index (χ1) is 6.40. The quantitative estimate of drug-likeness (QED) is 0.532. The van der Waals surface area contributed by atoms with Crippen LogP contribution in [0.3, 0.4) is 0 Å². The highest BCUT2D eigenvalue weighted by Crippen LogP contribution is 2.03. The van der Waals surface area contributed by atoms with E-state index < -0.39 is 11.5 Å². The van der Waals surface area contributed by atoms with Gasteiger partial charge in [0.1, 0.15) is 5.54 Å². The second kappa shape index (κ2) is 5.59. The lowest BCUT2D eigenvalue weighted by atomic mass is 10.1. The van der Waals surface area contributed by atoms with E-state index in [4.69, 9.17) is 10.8 Å². The van der Waals surface area contributed by atoms with Crippen LogP contribution in [0.15, 0.2) is 0 Å². The number of rotatable bonds is 6. The molecule has 0 aliphatic heterocycles. The topological polar surface area (TPSA) is 92.4 Å². The third-order valence-electron chi connectivity index (χ3n) is 1.84. The average Bonchev–Trinajstić information content (AvgIpc) is 2.03. The van der Waals surface area contributed by atoms with Gasteiger partial charge in [-0.05, 0) is 33.2 Å². The zero-order valence-corrected chi connectivity index (χ0v) is 8.67. The minimum absolute atomic E-state index is 0.245. The molecule has 0 aliphatic carbocycles. The highest BCUT2D eigenvalue weighted by atomic mass is 16.4. The third kappa shape index (κ3) is 4.81. The Hall–Kier alpha value is -1.10. The van der Waals surface area contributed by atoms with Gasteiger partial charge in [-0.3, -0.25) is 4.79 Å². The molecule has 0 radical (unpaired) electrons. The van der Waals surface area contributed by atoms with Gasteiger partial charge in [-0.25, -0.2) is 4.79 Å². The lowest BCUT2D eigenvalue weighted by Crippen LogP contribution is -2.49. The summed E-state index contributed by atoms with van der Waals surface area (Å²) in [5.41, 5.74) is 4.07. The van der Waals surface area contributed by atoms with Crippen LogP contribution in [0.4, 0.5) is 0 Å². The normalized spacial score (nSPS) is 11.1. The Bertz CT molecular complexity index is 214. The zero-order valence-electron chi connectivity index (χ0n) is 8.67. The number of aliphatic carboxylic acids is 1. The van der Waals surface area contributed by atoms with E-state index in [2.05, 4.69) is 5.32 Å². The van der Waals surface area contributed by atoms with Gasteiger partial charge >= 0.3 is 5.97 Å². The van der Waals surface area contributed by atoms with Gasteiger partial charge in [0.05, 0.1) is 0 Å². The summed E-state index contributed by atoms with van der Waals surface area (Å²) in [5.74, 6) is -1.28. The molecule has 0 bridgehead atoms. The van der Waals surface area contributed by atoms with Crippen LogP contribution in [0.25, 0.3) is 0 Å². The Morgan fingerprint density at radius 2 is 1.93 bits per heavy atom. The molecule has 82 valence electrons. The number of carbonyl (C=O) groups is 2. The zero-order chi connectivity index (χ0) is 11.2. The lowest BCUT2D eigenvalue weighted by molar-refractivity contribution is -0.146. The average molecular weight is 202 g/mol. The Labute approximate surface area is 83.7 Å². The fraction of sp³-hybridized carbons (Fsp3) is 0.778. The lowest BCUT2D eigenvalue weighted by Gasteiger charge is -2.20. The summed E-state index contributed by atoms with van der Waals surface area (Å²) < 4.78 is 0. The number of hydrogen-bond acceptors (Lipinski definition) is 3. The van der Waals surface area contributed by atoms with Crippen LogP contribution in [0.1, 0.15) is 33.1 Å². The van der Waals surface area contributed by atoms with Crippen molar-refractivity contribution >= 4 is 11.9 Å². The Balaban J connectivity index is 3.88. The van der Waals surface area contributed by atoms with Crippen molar-refractivity contribution in [3.63, 3.8) is 0 Å². The van der Waals surface area contributed by atoms with Crippen molar-refractivity contribution in [2.75, 3.05) is 6.54 Å². The number of carboxylic acids is 1. The smallest absolute Gasteiger partial charge is 0.328 e. The number of nitrogens with two attached hydrogens (primary N) is 1. The first-order valence-electron chi connectivity index (χ1n) is 4.64. The monoisotopic (exact) mass is 202 g/mol. The first kappa shape index (κ1) is 12.9. The van der Waals surface area contributed by atoms with Crippen molar-refractivity contribution in [1.82, 2.24) is 5.32 Å². The molecule has 0 unspecified atom stereocenters. The Morgan fingerprint density at radius 1 is 1.36 bits per heavy atom. The summed E-state index contributed by atoms with van der Waals surface area (Å²) in [4.78, 5) is 21.9. The predicted molar refractivity (Wildman–Crippen MR) is 52.8 cm³/mol. The van der Waals surface area contributed by atoms with Gasteiger partial charge in [-0.15, -0.1) is 0 Å². The number of hydrogen-bond donors (Lipinski definition) is 3. The van der Waals surface area contributed by atoms with Crippen LogP contribution in [0, 0.1) is 0 Å². The minimum Gasteiger partial charge on any atom is -0.480 e. The number of carbonyl (C=O) groups excluding carboxylic acids is 1. The molecule has 0 atom stereocenters. The molecule has 0 spiro atoms. The SMILES string of the molecule is CC(C)(NC(=O)CCCCN)C(=O)O. The molecule has 0 aromatic carbocycles. The molecule has 0 aliphatic rings. The van der Waals surface area contributed by atoms with Crippen molar-refractivity contribution in [3.05, 3.63) is 0 Å². The van der Waals surface area contributed by atoms with Crippen molar-refractivity contribution in [2.45, 2.75) is 38.6 Å². The minimum atomic E-state index is -1.19. The van der Waals surface area contributed by atoms with Crippen LogP contribution < -0.4 is 11.1 Å². The maximum Gasteiger partial charge on any atom is 0.328 e. The van der Waals surface area contributed by atoms with Gasteiger partial charge in [-0.2, -0.15) is 0 Å². The second-order valence-corrected chi connectivity index (χ2v) is 3.72. The fourth-order valence-electron chi connectivity index (χ4n) is 0.894. The first-order valence-corrected chi connectivity index (χ1v) is 4.64. The molecule has 1 amide bonds. The van der Waals surface area contributed by atoms with Gasteiger partial charge in [0.25, 0.3) is 0 Å². The largest absolute Gasteiger partial charge is 0.480 e. The van der Waals surface area contributed by atoms with E-state index in [-0.39, 0.29) is 5.91 Å². The summed E-state index contributed by atoms with van der Waals surface area (Å²) in [7, 11) is 0. The van der Waals surface area contributed by atoms with E-state index in [0.29, 0.717) is 19.4 Å². The molecular weight excluding hydrogens is 184 g/mol. The number of amides is 1. The van der Waals surface area contributed by atoms with Crippen molar-refractivity contribution < 1.29 is 14.7 Å². The molecule has 0 saturated heterocycles. The van der Waals surface area contributed by atoms with Gasteiger partial charge in [0, 0.05) is 6.42 Å². The maximum atomic E-state index is 11.2. The Kier molecular flexibility index (Phi) is 5.15. The van der Waals surface area contributed by atoms with Gasteiger partial charge in [0.2, 0.25) is 5.91 Å². The van der Waals surface area contributed by atoms with Gasteiger partial charge < -0.3 is 16.2 Å². The number of carboxylic acid groups (broad SMARTS) is 1. The van der Waals surface area contributed by atoms with Crippen LogP contribution in [0.5, 0.6) is 0 Å². The van der Waals surface area contributed by atoms with E-state index in [1.807, 2.05) is 0 Å². The fourth-order valence-corrected chi connectivity index (χ4v) is 0.894. The molecule has 0 aromatic heterocycles. The summed E-state index contributed by atoms with van der Waals surface area (Å²) in [5, 5.41) is 11.2. The van der Waals surface area contributed by atoms with Crippen LogP contribution in [-0.4, -0.2) is 29.1 Å². The van der Waals surface area contributed by atoms with E-state index in [0.717, 1.165) is 6.42 Å². The molecule has 14 heavy (non-hydrogen) atoms. The van der Waals surface area contributed by atoms with Crippen molar-refractivity contribution in [1.29, 1.82) is 0 Å². The van der Waals surface area contributed by atoms with Crippen molar-refractivity contribution in [3.8, 4) is 0 Å². The molecule has 5 nitrogen and oxygen atoms in total. The van der Waals surface area contributed by atoms with E-state index >= 15 is 0 Å². The van der Waals surface area contributed by atoms with Crippen molar-refractivity contribution in [2.24, 2.45) is 5.73 Å². The van der Waals surface area contributed by atoms with Gasteiger partial charge in [-0.1, -0.05) is 0 Å². The van der Waals surface area contributed by atoms with Crippen LogP contribution in [-0.2, 0) is 9.59 Å². The molecule has 5 heteroatoms. The molecule has 0 rings (SSSR count). The standard InChI is InChI=1S/C9H18N2O3/c1-9(2,8(13)14)11-7(12)5-3-4-6-10/h3-6,10H2,1-2H3,(H,11,12)(H,13,14). The molecule has 0 saturated carbocycles.